The normalized spacial score (nSPS) is 12.9. The van der Waals surface area contributed by atoms with Crippen LogP contribution in [0.25, 0.3) is 43.2 Å². The van der Waals surface area contributed by atoms with Gasteiger partial charge in [0, 0.05) is 71.8 Å². The van der Waals surface area contributed by atoms with Gasteiger partial charge in [-0.25, -0.2) is 0 Å². The van der Waals surface area contributed by atoms with Crippen molar-refractivity contribution < 1.29 is 4.42 Å². The Morgan fingerprint density at radius 3 is 1.77 bits per heavy atom. The fourth-order valence-electron chi connectivity index (χ4n) is 10.4. The van der Waals surface area contributed by atoms with Gasteiger partial charge < -0.3 is 19.5 Å². The molecule has 10 aromatic rings. The third-order valence-electron chi connectivity index (χ3n) is 14.4. The molecule has 0 atom stereocenters. The van der Waals surface area contributed by atoms with Crippen LogP contribution in [0.5, 0.6) is 0 Å². The summed E-state index contributed by atoms with van der Waals surface area (Å²) in [4.78, 5) is 4.99. The van der Waals surface area contributed by atoms with E-state index in [1.54, 1.807) is 0 Å². The number of para-hydroxylation sites is 3. The maximum atomic E-state index is 7.15. The quantitative estimate of drug-likeness (QED) is 0.161. The zero-order valence-electron chi connectivity index (χ0n) is 42.5. The fraction of sp³-hybridized carbons (Fsp3) is 0.219. The largest absolute Gasteiger partial charge is 0.455 e. The maximum Gasteiger partial charge on any atom is 0.211 e. The summed E-state index contributed by atoms with van der Waals surface area (Å²) in [5, 5.41) is 7.54. The molecule has 4 nitrogen and oxygen atoms in total. The minimum Gasteiger partial charge on any atom is -0.455 e. The van der Waals surface area contributed by atoms with Gasteiger partial charge in [-0.15, -0.1) is 11.3 Å². The van der Waals surface area contributed by atoms with Gasteiger partial charge in [0.05, 0.1) is 5.69 Å². The number of furan rings is 1. The number of hydrogen-bond acceptors (Lipinski definition) is 5. The van der Waals surface area contributed by atoms with Crippen LogP contribution in [0.15, 0.2) is 168 Å². The Morgan fingerprint density at radius 2 is 1.14 bits per heavy atom. The van der Waals surface area contributed by atoms with Crippen molar-refractivity contribution in [2.24, 2.45) is 0 Å². The number of fused-ring (bicyclic) bond motifs is 7. The van der Waals surface area contributed by atoms with Crippen LogP contribution in [0.2, 0.25) is 0 Å². The number of benzene rings is 8. The predicted octanol–water partition coefficient (Wildman–Crippen LogP) is 17.4. The Hall–Kier alpha value is -7.02. The summed E-state index contributed by atoms with van der Waals surface area (Å²) in [5.41, 5.74) is 20.6. The molecule has 8 aromatic carbocycles. The Kier molecular flexibility index (Phi) is 10.9. The van der Waals surface area contributed by atoms with Crippen LogP contribution < -0.4 is 25.4 Å². The van der Waals surface area contributed by atoms with Crippen molar-refractivity contribution in [2.75, 3.05) is 15.1 Å². The van der Waals surface area contributed by atoms with E-state index in [1.807, 2.05) is 11.3 Å². The van der Waals surface area contributed by atoms with Crippen LogP contribution in [0.1, 0.15) is 90.1 Å². The third kappa shape index (κ3) is 7.96. The number of thiophene rings is 1. The van der Waals surface area contributed by atoms with Gasteiger partial charge in [-0.3, -0.25) is 0 Å². The number of rotatable bonds is 7. The van der Waals surface area contributed by atoms with E-state index in [9.17, 15) is 0 Å². The second-order valence-electron chi connectivity index (χ2n) is 22.5. The number of hydrogen-bond donors (Lipinski definition) is 1. The molecule has 0 radical (unpaired) electrons. The van der Waals surface area contributed by atoms with Crippen molar-refractivity contribution in [1.82, 2.24) is 0 Å². The molecule has 0 saturated carbocycles. The van der Waals surface area contributed by atoms with Crippen LogP contribution in [0, 0.1) is 13.8 Å². The highest BCUT2D eigenvalue weighted by molar-refractivity contribution is 7.29. The molecule has 1 aliphatic rings. The lowest BCUT2D eigenvalue weighted by atomic mass is 9.62. The molecule has 0 unspecified atom stereocenters. The molecular formula is C64H62BN3OS. The predicted molar refractivity (Wildman–Crippen MR) is 306 cm³/mol. The summed E-state index contributed by atoms with van der Waals surface area (Å²) in [6, 6.07) is 60.8. The molecule has 0 amide bonds. The molecule has 70 heavy (non-hydrogen) atoms. The zero-order chi connectivity index (χ0) is 48.9. The summed E-state index contributed by atoms with van der Waals surface area (Å²) in [6.07, 6.45) is 0. The van der Waals surface area contributed by atoms with Crippen LogP contribution in [0.4, 0.5) is 45.5 Å². The number of anilines is 8. The smallest absolute Gasteiger partial charge is 0.211 e. The summed E-state index contributed by atoms with van der Waals surface area (Å²) >= 11 is 1.92. The highest BCUT2D eigenvalue weighted by atomic mass is 32.1. The summed E-state index contributed by atoms with van der Waals surface area (Å²) in [7, 11) is 0.758. The first kappa shape index (κ1) is 45.4. The first-order chi connectivity index (χ1) is 33.4. The van der Waals surface area contributed by atoms with Crippen molar-refractivity contribution in [3.63, 3.8) is 0 Å². The van der Waals surface area contributed by atoms with Crippen molar-refractivity contribution in [3.05, 3.63) is 192 Å². The lowest BCUT2D eigenvalue weighted by molar-refractivity contribution is 0.590. The van der Waals surface area contributed by atoms with Crippen LogP contribution >= 0.6 is 11.3 Å². The van der Waals surface area contributed by atoms with Gasteiger partial charge in [-0.2, -0.15) is 0 Å². The molecule has 0 aliphatic carbocycles. The molecule has 1 N–H and O–H groups in total. The lowest BCUT2D eigenvalue weighted by Crippen LogP contribution is -2.39. The highest BCUT2D eigenvalue weighted by Crippen LogP contribution is 2.50. The molecule has 0 spiro atoms. The Balaban J connectivity index is 1.22. The number of nitrogens with zero attached hydrogens (tertiary/aromatic N) is 2. The molecule has 3 heterocycles. The maximum absolute atomic E-state index is 7.15. The molecule has 348 valence electrons. The van der Waals surface area contributed by atoms with Gasteiger partial charge in [0.25, 0.3) is 0 Å². The van der Waals surface area contributed by atoms with E-state index in [4.69, 9.17) is 4.42 Å². The first-order valence-electron chi connectivity index (χ1n) is 24.8. The SMILES string of the molecule is Cc1ccccc1N(c1ccc(-c2c3c(cc4c2oc2ccccc24)N(c2ccc(C(C)(C)C)cc2)c2c(sc4ccc(C(C)(C)C)cc24)B3)c(Nc2ccc(C(C)(C)C)cc2)c1)c1ccccc1C. The number of nitrogens with one attached hydrogen (secondary N) is 1. The molecule has 0 fully saturated rings. The first-order valence-corrected chi connectivity index (χ1v) is 25.6. The van der Waals surface area contributed by atoms with Gasteiger partial charge in [-0.05, 0) is 141 Å². The monoisotopic (exact) mass is 931 g/mol. The third-order valence-corrected chi connectivity index (χ3v) is 15.6. The van der Waals surface area contributed by atoms with Crippen molar-refractivity contribution >= 4 is 106 Å². The summed E-state index contributed by atoms with van der Waals surface area (Å²) in [6.45, 7) is 25.0. The molecule has 11 rings (SSSR count). The van der Waals surface area contributed by atoms with Crippen molar-refractivity contribution in [2.45, 2.75) is 92.4 Å². The van der Waals surface area contributed by atoms with E-state index in [0.29, 0.717) is 0 Å². The van der Waals surface area contributed by atoms with E-state index in [-0.39, 0.29) is 16.2 Å². The second kappa shape index (κ2) is 16.8. The van der Waals surface area contributed by atoms with E-state index in [1.165, 1.54) is 59.5 Å². The van der Waals surface area contributed by atoms with E-state index in [2.05, 4.69) is 255 Å². The molecule has 1 aliphatic heterocycles. The van der Waals surface area contributed by atoms with Crippen molar-refractivity contribution in [3.8, 4) is 11.1 Å². The fourth-order valence-corrected chi connectivity index (χ4v) is 11.6. The molecule has 0 saturated heterocycles. The summed E-state index contributed by atoms with van der Waals surface area (Å²) < 4.78 is 9.80. The zero-order valence-corrected chi connectivity index (χ0v) is 43.3. The Bertz CT molecular complexity index is 3590. The number of aryl methyl sites for hydroxylation is 2. The van der Waals surface area contributed by atoms with Crippen LogP contribution in [-0.4, -0.2) is 7.28 Å². The topological polar surface area (TPSA) is 31.7 Å². The van der Waals surface area contributed by atoms with Crippen LogP contribution in [0.3, 0.4) is 0 Å². The van der Waals surface area contributed by atoms with E-state index in [0.717, 1.165) is 74.5 Å². The average molecular weight is 932 g/mol. The van der Waals surface area contributed by atoms with E-state index >= 15 is 0 Å². The highest BCUT2D eigenvalue weighted by Gasteiger charge is 2.35. The van der Waals surface area contributed by atoms with Gasteiger partial charge in [0.15, 0.2) is 0 Å². The van der Waals surface area contributed by atoms with Gasteiger partial charge in [-0.1, -0.05) is 153 Å². The lowest BCUT2D eigenvalue weighted by Gasteiger charge is -2.34. The van der Waals surface area contributed by atoms with Crippen molar-refractivity contribution in [1.29, 1.82) is 0 Å². The molecule has 6 heteroatoms. The van der Waals surface area contributed by atoms with Crippen LogP contribution in [-0.2, 0) is 16.2 Å². The molecule has 2 aromatic heterocycles. The van der Waals surface area contributed by atoms with E-state index < -0.39 is 0 Å². The average Bonchev–Trinajstić information content (AvgIpc) is 3.88. The Morgan fingerprint density at radius 1 is 0.557 bits per heavy atom. The Labute approximate surface area is 418 Å². The molecular weight excluding hydrogens is 870 g/mol. The minimum atomic E-state index is 0.000433. The minimum absolute atomic E-state index is 0.000433. The second-order valence-corrected chi connectivity index (χ2v) is 23.6. The summed E-state index contributed by atoms with van der Waals surface area (Å²) in [5.74, 6) is 0. The standard InChI is InChI=1S/C64H62BN3OS/c1-39-18-12-15-21-52(39)67(53-22-16-13-19-40(53)2)46-33-34-48(51(37-46)66-44-29-24-41(25-30-44)62(3,4)5)57-58-54(38-49-47-20-14-17-23-55(47)69-60(49)57)68(45-31-26-42(27-32-45)63(6,7)8)59-50-36-43(64(9,10)11)28-35-56(50)70-61(59)65-58/h12-38,65-66H,1-11H3. The molecule has 0 bridgehead atoms. The van der Waals surface area contributed by atoms with Gasteiger partial charge >= 0.3 is 0 Å². The van der Waals surface area contributed by atoms with Gasteiger partial charge in [0.2, 0.25) is 7.28 Å². The van der Waals surface area contributed by atoms with Gasteiger partial charge in [0.1, 0.15) is 11.2 Å².